The van der Waals surface area contributed by atoms with Gasteiger partial charge in [-0.1, -0.05) is 12.1 Å². The smallest absolute Gasteiger partial charge is 0.326 e. The van der Waals surface area contributed by atoms with Crippen molar-refractivity contribution in [3.8, 4) is 5.75 Å². The molecule has 1 rings (SSSR count). The Kier molecular flexibility index (Phi) is 5.13. The monoisotopic (exact) mass is 253 g/mol. The Morgan fingerprint density at radius 3 is 2.44 bits per heavy atom. The summed E-state index contributed by atoms with van der Waals surface area (Å²) in [6.07, 6.45) is 0.144. The third-order valence-corrected chi connectivity index (χ3v) is 2.28. The molecular weight excluding hydrogens is 238 g/mol. The van der Waals surface area contributed by atoms with Crippen molar-refractivity contribution in [3.05, 3.63) is 29.8 Å². The van der Waals surface area contributed by atoms with Gasteiger partial charge >= 0.3 is 5.97 Å². The second-order valence-electron chi connectivity index (χ2n) is 3.76. The largest absolute Gasteiger partial charge is 0.508 e. The van der Waals surface area contributed by atoms with Gasteiger partial charge in [0.15, 0.2) is 0 Å². The molecule has 1 amide bonds. The standard InChI is InChI=1S/C12H15NO5/c1-18-7-11(15)13-10(12(16)17)6-8-2-4-9(14)5-3-8/h2-5,10,14H,6-7H2,1H3,(H,13,15)(H,16,17)/t10-/m1/s1. The van der Waals surface area contributed by atoms with Crippen LogP contribution in [0.3, 0.4) is 0 Å². The van der Waals surface area contributed by atoms with Crippen LogP contribution in [0.4, 0.5) is 0 Å². The first-order chi connectivity index (χ1) is 8.52. The molecule has 0 bridgehead atoms. The fraction of sp³-hybridized carbons (Fsp3) is 0.333. The Morgan fingerprint density at radius 1 is 1.33 bits per heavy atom. The number of carbonyl (C=O) groups is 2. The SMILES string of the molecule is COCC(=O)N[C@H](Cc1ccc(O)cc1)C(=O)O. The van der Waals surface area contributed by atoms with E-state index in [1.807, 2.05) is 0 Å². The number of nitrogens with one attached hydrogen (secondary N) is 1. The van der Waals surface area contributed by atoms with E-state index in [2.05, 4.69) is 10.1 Å². The summed E-state index contributed by atoms with van der Waals surface area (Å²) in [6, 6.07) is 5.12. The van der Waals surface area contributed by atoms with E-state index in [4.69, 9.17) is 10.2 Å². The van der Waals surface area contributed by atoms with Crippen molar-refractivity contribution in [1.29, 1.82) is 0 Å². The van der Waals surface area contributed by atoms with Gasteiger partial charge in [-0.2, -0.15) is 0 Å². The molecule has 6 heteroatoms. The molecule has 1 aromatic carbocycles. The maximum absolute atomic E-state index is 11.3. The van der Waals surface area contributed by atoms with Gasteiger partial charge in [-0.3, -0.25) is 4.79 Å². The van der Waals surface area contributed by atoms with Crippen LogP contribution >= 0.6 is 0 Å². The average molecular weight is 253 g/mol. The summed E-state index contributed by atoms with van der Waals surface area (Å²) in [5, 5.41) is 20.5. The number of carboxylic acids is 1. The van der Waals surface area contributed by atoms with Crippen LogP contribution in [0.25, 0.3) is 0 Å². The number of aliphatic carboxylic acids is 1. The van der Waals surface area contributed by atoms with Crippen molar-refractivity contribution < 1.29 is 24.5 Å². The number of amides is 1. The predicted octanol–water partition coefficient (Wildman–Crippen LogP) is 0.150. The Hall–Kier alpha value is -2.08. The fourth-order valence-electron chi connectivity index (χ4n) is 1.43. The first-order valence-corrected chi connectivity index (χ1v) is 5.32. The number of phenols is 1. The Bertz CT molecular complexity index is 415. The quantitative estimate of drug-likeness (QED) is 0.670. The van der Waals surface area contributed by atoms with Crippen LogP contribution in [-0.2, 0) is 20.7 Å². The van der Waals surface area contributed by atoms with E-state index < -0.39 is 17.9 Å². The topological polar surface area (TPSA) is 95.9 Å². The number of phenolic OH excluding ortho intramolecular Hbond substituents is 1. The van der Waals surface area contributed by atoms with E-state index in [9.17, 15) is 9.59 Å². The van der Waals surface area contributed by atoms with Gasteiger partial charge in [-0.25, -0.2) is 4.79 Å². The molecular formula is C12H15NO5. The lowest BCUT2D eigenvalue weighted by Crippen LogP contribution is -2.43. The van der Waals surface area contributed by atoms with E-state index in [0.29, 0.717) is 5.56 Å². The lowest BCUT2D eigenvalue weighted by Gasteiger charge is -2.14. The van der Waals surface area contributed by atoms with E-state index in [-0.39, 0.29) is 18.8 Å². The molecule has 6 nitrogen and oxygen atoms in total. The molecule has 98 valence electrons. The molecule has 18 heavy (non-hydrogen) atoms. The van der Waals surface area contributed by atoms with Gasteiger partial charge in [0, 0.05) is 13.5 Å². The van der Waals surface area contributed by atoms with E-state index in [1.54, 1.807) is 12.1 Å². The molecule has 0 radical (unpaired) electrons. The highest BCUT2D eigenvalue weighted by Gasteiger charge is 2.20. The maximum atomic E-state index is 11.3. The van der Waals surface area contributed by atoms with Gasteiger partial charge in [0.05, 0.1) is 0 Å². The summed E-state index contributed by atoms with van der Waals surface area (Å²) >= 11 is 0. The van der Waals surface area contributed by atoms with E-state index in [0.717, 1.165) is 0 Å². The molecule has 3 N–H and O–H groups in total. The van der Waals surface area contributed by atoms with Crippen LogP contribution in [-0.4, -0.2) is 41.8 Å². The second kappa shape index (κ2) is 6.61. The normalized spacial score (nSPS) is 11.8. The van der Waals surface area contributed by atoms with Crippen LogP contribution in [0.5, 0.6) is 5.75 Å². The molecule has 1 aromatic rings. The number of carbonyl (C=O) groups excluding carboxylic acids is 1. The van der Waals surface area contributed by atoms with Gasteiger partial charge in [0.2, 0.25) is 5.91 Å². The summed E-state index contributed by atoms with van der Waals surface area (Å²) in [6.45, 7) is -0.181. The van der Waals surface area contributed by atoms with Crippen molar-refractivity contribution in [2.75, 3.05) is 13.7 Å². The van der Waals surface area contributed by atoms with Crippen LogP contribution in [0, 0.1) is 0 Å². The highest BCUT2D eigenvalue weighted by molar-refractivity contribution is 5.84. The molecule has 0 heterocycles. The van der Waals surface area contributed by atoms with Crippen molar-refractivity contribution in [1.82, 2.24) is 5.32 Å². The minimum Gasteiger partial charge on any atom is -0.508 e. The molecule has 0 aliphatic carbocycles. The van der Waals surface area contributed by atoms with Crippen molar-refractivity contribution in [2.45, 2.75) is 12.5 Å². The van der Waals surface area contributed by atoms with Crippen LogP contribution < -0.4 is 5.32 Å². The summed E-state index contributed by atoms with van der Waals surface area (Å²) < 4.78 is 4.61. The van der Waals surface area contributed by atoms with Crippen LogP contribution in [0.1, 0.15) is 5.56 Å². The molecule has 0 aromatic heterocycles. The lowest BCUT2D eigenvalue weighted by molar-refractivity contribution is -0.142. The highest BCUT2D eigenvalue weighted by atomic mass is 16.5. The number of carboxylic acid groups (broad SMARTS) is 1. The summed E-state index contributed by atoms with van der Waals surface area (Å²) in [5.41, 5.74) is 0.706. The van der Waals surface area contributed by atoms with Gasteiger partial charge in [0.1, 0.15) is 18.4 Å². The van der Waals surface area contributed by atoms with Crippen molar-refractivity contribution in [3.63, 3.8) is 0 Å². The van der Waals surface area contributed by atoms with Crippen LogP contribution in [0.15, 0.2) is 24.3 Å². The molecule has 0 aliphatic heterocycles. The molecule has 0 spiro atoms. The Balaban J connectivity index is 2.65. The average Bonchev–Trinajstić information content (AvgIpc) is 2.31. The number of hydrogen-bond acceptors (Lipinski definition) is 4. The number of rotatable bonds is 6. The summed E-state index contributed by atoms with van der Waals surface area (Å²) in [7, 11) is 1.36. The Morgan fingerprint density at radius 2 is 1.94 bits per heavy atom. The number of aromatic hydroxyl groups is 1. The molecule has 0 fully saturated rings. The Labute approximate surface area is 104 Å². The number of hydrogen-bond donors (Lipinski definition) is 3. The van der Waals surface area contributed by atoms with Gasteiger partial charge in [-0.15, -0.1) is 0 Å². The van der Waals surface area contributed by atoms with E-state index in [1.165, 1.54) is 19.2 Å². The molecule has 0 saturated carbocycles. The van der Waals surface area contributed by atoms with Gasteiger partial charge in [0.25, 0.3) is 0 Å². The lowest BCUT2D eigenvalue weighted by atomic mass is 10.1. The fourth-order valence-corrected chi connectivity index (χ4v) is 1.43. The third kappa shape index (κ3) is 4.42. The zero-order valence-corrected chi connectivity index (χ0v) is 9.92. The summed E-state index contributed by atoms with van der Waals surface area (Å²) in [4.78, 5) is 22.3. The number of methoxy groups -OCH3 is 1. The molecule has 0 aliphatic rings. The van der Waals surface area contributed by atoms with Crippen LogP contribution in [0.2, 0.25) is 0 Å². The first-order valence-electron chi connectivity index (χ1n) is 5.32. The maximum Gasteiger partial charge on any atom is 0.326 e. The molecule has 1 atom stereocenters. The predicted molar refractivity (Wildman–Crippen MR) is 63.3 cm³/mol. The molecule has 0 unspecified atom stereocenters. The third-order valence-electron chi connectivity index (χ3n) is 2.28. The van der Waals surface area contributed by atoms with Crippen molar-refractivity contribution in [2.24, 2.45) is 0 Å². The van der Waals surface area contributed by atoms with Gasteiger partial charge in [-0.05, 0) is 17.7 Å². The van der Waals surface area contributed by atoms with E-state index >= 15 is 0 Å². The minimum atomic E-state index is -1.12. The minimum absolute atomic E-state index is 0.106. The van der Waals surface area contributed by atoms with Crippen molar-refractivity contribution >= 4 is 11.9 Å². The highest BCUT2D eigenvalue weighted by Crippen LogP contribution is 2.11. The van der Waals surface area contributed by atoms with Gasteiger partial charge < -0.3 is 20.3 Å². The zero-order chi connectivity index (χ0) is 13.5. The zero-order valence-electron chi connectivity index (χ0n) is 9.92. The number of ether oxygens (including phenoxy) is 1. The number of benzene rings is 1. The second-order valence-corrected chi connectivity index (χ2v) is 3.76. The summed E-state index contributed by atoms with van der Waals surface area (Å²) in [5.74, 6) is -1.50. The first kappa shape index (κ1) is 14.0. The molecule has 0 saturated heterocycles.